The van der Waals surface area contributed by atoms with Crippen LogP contribution in [0.5, 0.6) is 17.2 Å². The molecular weight excluding hydrogens is 372 g/mol. The lowest BCUT2D eigenvalue weighted by molar-refractivity contribution is -0.120. The van der Waals surface area contributed by atoms with Crippen LogP contribution in [0.2, 0.25) is 0 Å². The Hall–Kier alpha value is -3.48. The second-order valence-electron chi connectivity index (χ2n) is 6.30. The predicted octanol–water partition coefficient (Wildman–Crippen LogP) is 3.40. The Morgan fingerprint density at radius 2 is 1.76 bits per heavy atom. The van der Waals surface area contributed by atoms with E-state index >= 15 is 0 Å². The molecule has 0 atom stereocenters. The van der Waals surface area contributed by atoms with Gasteiger partial charge in [-0.3, -0.25) is 4.79 Å². The number of hydrogen-bond donors (Lipinski definition) is 1. The highest BCUT2D eigenvalue weighted by Crippen LogP contribution is 2.25. The first-order chi connectivity index (χ1) is 14.1. The van der Waals surface area contributed by atoms with Crippen LogP contribution in [0.4, 0.5) is 0 Å². The van der Waals surface area contributed by atoms with Gasteiger partial charge in [0.1, 0.15) is 29.6 Å². The molecule has 0 aliphatic rings. The fourth-order valence-electron chi connectivity index (χ4n) is 2.72. The first-order valence-corrected chi connectivity index (χ1v) is 9.23. The van der Waals surface area contributed by atoms with Crippen molar-refractivity contribution in [1.29, 1.82) is 0 Å². The molecule has 7 heteroatoms. The van der Waals surface area contributed by atoms with Crippen molar-refractivity contribution in [2.75, 3.05) is 27.4 Å². The van der Waals surface area contributed by atoms with Crippen LogP contribution >= 0.6 is 0 Å². The molecule has 29 heavy (non-hydrogen) atoms. The quantitative estimate of drug-likeness (QED) is 0.558. The van der Waals surface area contributed by atoms with E-state index in [1.54, 1.807) is 21.1 Å². The van der Waals surface area contributed by atoms with Crippen molar-refractivity contribution >= 4 is 5.91 Å². The number of aromatic nitrogens is 1. The Balaban J connectivity index is 1.49. The summed E-state index contributed by atoms with van der Waals surface area (Å²) in [7, 11) is 3.22. The average Bonchev–Trinajstić information content (AvgIpc) is 3.12. The molecule has 0 saturated heterocycles. The number of rotatable bonds is 9. The standard InChI is InChI=1S/C22H24N2O5/c1-15-20(24-22(29-15)16-5-4-6-19(13-16)27-3)14-21(25)23-11-12-28-18-9-7-17(26-2)8-10-18/h4-10,13H,11-12,14H2,1-3H3,(H,23,25). The molecule has 1 N–H and O–H groups in total. The Kier molecular flexibility index (Phi) is 6.73. The summed E-state index contributed by atoms with van der Waals surface area (Å²) in [6.45, 7) is 2.56. The zero-order valence-electron chi connectivity index (χ0n) is 16.7. The number of carbonyl (C=O) groups excluding carboxylic acids is 1. The fraction of sp³-hybridized carbons (Fsp3) is 0.273. The van der Waals surface area contributed by atoms with Crippen LogP contribution in [-0.4, -0.2) is 38.3 Å². The summed E-state index contributed by atoms with van der Waals surface area (Å²) in [5.41, 5.74) is 1.41. The van der Waals surface area contributed by atoms with Crippen molar-refractivity contribution in [1.82, 2.24) is 10.3 Å². The maximum atomic E-state index is 12.2. The maximum Gasteiger partial charge on any atom is 0.226 e. The van der Waals surface area contributed by atoms with Crippen molar-refractivity contribution in [3.63, 3.8) is 0 Å². The second-order valence-corrected chi connectivity index (χ2v) is 6.30. The molecule has 0 radical (unpaired) electrons. The van der Waals surface area contributed by atoms with Gasteiger partial charge in [-0.05, 0) is 49.4 Å². The van der Waals surface area contributed by atoms with Crippen LogP contribution in [0.15, 0.2) is 52.9 Å². The molecule has 2 aromatic carbocycles. The van der Waals surface area contributed by atoms with Crippen molar-refractivity contribution < 1.29 is 23.4 Å². The third-order valence-corrected chi connectivity index (χ3v) is 4.29. The molecule has 152 valence electrons. The number of methoxy groups -OCH3 is 2. The van der Waals surface area contributed by atoms with Crippen molar-refractivity contribution in [2.45, 2.75) is 13.3 Å². The number of oxazole rings is 1. The molecule has 0 bridgehead atoms. The van der Waals surface area contributed by atoms with Crippen LogP contribution in [0.1, 0.15) is 11.5 Å². The number of hydrogen-bond acceptors (Lipinski definition) is 6. The Morgan fingerprint density at radius 1 is 1.03 bits per heavy atom. The second kappa shape index (κ2) is 9.64. The number of aryl methyl sites for hydroxylation is 1. The van der Waals surface area contributed by atoms with E-state index in [2.05, 4.69) is 10.3 Å². The molecule has 3 rings (SSSR count). The van der Waals surface area contributed by atoms with Crippen LogP contribution in [0, 0.1) is 6.92 Å². The zero-order chi connectivity index (χ0) is 20.6. The third kappa shape index (κ3) is 5.51. The van der Waals surface area contributed by atoms with Gasteiger partial charge < -0.3 is 23.9 Å². The first-order valence-electron chi connectivity index (χ1n) is 9.23. The van der Waals surface area contributed by atoms with E-state index < -0.39 is 0 Å². The summed E-state index contributed by atoms with van der Waals surface area (Å²) < 4.78 is 21.6. The SMILES string of the molecule is COc1ccc(OCCNC(=O)Cc2nc(-c3cccc(OC)c3)oc2C)cc1. The normalized spacial score (nSPS) is 10.4. The monoisotopic (exact) mass is 396 g/mol. The Bertz CT molecular complexity index is 950. The van der Waals surface area contributed by atoms with Gasteiger partial charge in [-0.2, -0.15) is 0 Å². The smallest absolute Gasteiger partial charge is 0.226 e. The van der Waals surface area contributed by atoms with E-state index in [-0.39, 0.29) is 12.3 Å². The molecule has 0 saturated carbocycles. The summed E-state index contributed by atoms with van der Waals surface area (Å²) in [5.74, 6) is 3.14. The van der Waals surface area contributed by atoms with Crippen LogP contribution in [0.25, 0.3) is 11.5 Å². The molecule has 3 aromatic rings. The molecule has 1 heterocycles. The van der Waals surface area contributed by atoms with Gasteiger partial charge in [0.25, 0.3) is 0 Å². The topological polar surface area (TPSA) is 82.8 Å². The maximum absolute atomic E-state index is 12.2. The van der Waals surface area contributed by atoms with Crippen LogP contribution in [0.3, 0.4) is 0 Å². The fourth-order valence-corrected chi connectivity index (χ4v) is 2.72. The molecule has 0 spiro atoms. The molecular formula is C22H24N2O5. The van der Waals surface area contributed by atoms with E-state index in [0.717, 1.165) is 22.8 Å². The Morgan fingerprint density at radius 3 is 2.48 bits per heavy atom. The minimum Gasteiger partial charge on any atom is -0.497 e. The van der Waals surface area contributed by atoms with E-state index in [1.165, 1.54) is 0 Å². The minimum absolute atomic E-state index is 0.141. The van der Waals surface area contributed by atoms with E-state index in [1.807, 2.05) is 48.5 Å². The summed E-state index contributed by atoms with van der Waals surface area (Å²) in [4.78, 5) is 16.7. The van der Waals surface area contributed by atoms with Crippen LogP contribution in [-0.2, 0) is 11.2 Å². The summed E-state index contributed by atoms with van der Waals surface area (Å²) >= 11 is 0. The zero-order valence-corrected chi connectivity index (χ0v) is 16.7. The van der Waals surface area contributed by atoms with Gasteiger partial charge >= 0.3 is 0 Å². The van der Waals surface area contributed by atoms with Gasteiger partial charge in [0.05, 0.1) is 32.9 Å². The highest BCUT2D eigenvalue weighted by atomic mass is 16.5. The third-order valence-electron chi connectivity index (χ3n) is 4.29. The summed E-state index contributed by atoms with van der Waals surface area (Å²) in [5, 5.41) is 2.83. The number of nitrogens with one attached hydrogen (secondary N) is 1. The van der Waals surface area contributed by atoms with Gasteiger partial charge in [0.2, 0.25) is 11.8 Å². The van der Waals surface area contributed by atoms with Gasteiger partial charge in [-0.25, -0.2) is 4.98 Å². The lowest BCUT2D eigenvalue weighted by Crippen LogP contribution is -2.29. The van der Waals surface area contributed by atoms with Gasteiger partial charge in [0, 0.05) is 5.56 Å². The lowest BCUT2D eigenvalue weighted by atomic mass is 10.2. The molecule has 7 nitrogen and oxygen atoms in total. The van der Waals surface area contributed by atoms with Crippen LogP contribution < -0.4 is 19.5 Å². The Labute approximate surface area is 169 Å². The first kappa shape index (κ1) is 20.3. The van der Waals surface area contributed by atoms with Gasteiger partial charge in [-0.1, -0.05) is 6.07 Å². The number of benzene rings is 2. The highest BCUT2D eigenvalue weighted by molar-refractivity contribution is 5.78. The number of ether oxygens (including phenoxy) is 3. The van der Waals surface area contributed by atoms with Gasteiger partial charge in [0.15, 0.2) is 0 Å². The largest absolute Gasteiger partial charge is 0.497 e. The highest BCUT2D eigenvalue weighted by Gasteiger charge is 2.15. The molecule has 0 unspecified atom stereocenters. The van der Waals surface area contributed by atoms with E-state index in [0.29, 0.717) is 30.5 Å². The predicted molar refractivity (Wildman–Crippen MR) is 108 cm³/mol. The summed E-state index contributed by atoms with van der Waals surface area (Å²) in [6.07, 6.45) is 0.141. The van der Waals surface area contributed by atoms with Gasteiger partial charge in [-0.15, -0.1) is 0 Å². The number of amides is 1. The summed E-state index contributed by atoms with van der Waals surface area (Å²) in [6, 6.07) is 14.7. The van der Waals surface area contributed by atoms with E-state index in [9.17, 15) is 4.79 Å². The minimum atomic E-state index is -0.142. The van der Waals surface area contributed by atoms with E-state index in [4.69, 9.17) is 18.6 Å². The lowest BCUT2D eigenvalue weighted by Gasteiger charge is -2.08. The molecule has 0 aliphatic carbocycles. The molecule has 1 amide bonds. The van der Waals surface area contributed by atoms with Crippen molar-refractivity contribution in [3.05, 3.63) is 60.0 Å². The molecule has 0 aliphatic heterocycles. The molecule has 1 aromatic heterocycles. The average molecular weight is 396 g/mol. The molecule has 0 fully saturated rings. The number of nitrogens with zero attached hydrogens (tertiary/aromatic N) is 1. The number of carbonyl (C=O) groups is 1. The van der Waals surface area contributed by atoms with Crippen molar-refractivity contribution in [2.24, 2.45) is 0 Å². The van der Waals surface area contributed by atoms with Crippen molar-refractivity contribution in [3.8, 4) is 28.7 Å².